The molecule has 1 aromatic carbocycles. The average molecular weight is 303 g/mol. The van der Waals surface area contributed by atoms with Crippen molar-refractivity contribution in [3.05, 3.63) is 29.3 Å². The van der Waals surface area contributed by atoms with Gasteiger partial charge in [0.1, 0.15) is 6.73 Å². The summed E-state index contributed by atoms with van der Waals surface area (Å²) >= 11 is 0. The number of anilines is 1. The van der Waals surface area contributed by atoms with Gasteiger partial charge in [0.2, 0.25) is 0 Å². The number of rotatable bonds is 4. The first-order chi connectivity index (χ1) is 9.90. The number of benzene rings is 1. The maximum Gasteiger partial charge on any atom is 0.416 e. The molecule has 4 nitrogen and oxygen atoms in total. The fourth-order valence-corrected chi connectivity index (χ4v) is 2.43. The van der Waals surface area contributed by atoms with E-state index in [0.29, 0.717) is 6.54 Å². The molecule has 1 aliphatic heterocycles. The highest BCUT2D eigenvalue weighted by atomic mass is 19.4. The molecule has 0 spiro atoms. The van der Waals surface area contributed by atoms with Gasteiger partial charge in [0.05, 0.1) is 5.56 Å². The number of hydrogen-bond donors (Lipinski definition) is 2. The van der Waals surface area contributed by atoms with Gasteiger partial charge in [0, 0.05) is 38.4 Å². The lowest BCUT2D eigenvalue weighted by Crippen LogP contribution is -2.44. The summed E-state index contributed by atoms with van der Waals surface area (Å²) in [6.07, 6.45) is -4.39. The Kier molecular flexibility index (Phi) is 5.08. The molecule has 21 heavy (non-hydrogen) atoms. The Morgan fingerprint density at radius 2 is 1.86 bits per heavy atom. The van der Waals surface area contributed by atoms with Crippen LogP contribution in [0.2, 0.25) is 0 Å². The van der Waals surface area contributed by atoms with Gasteiger partial charge in [0.15, 0.2) is 0 Å². The van der Waals surface area contributed by atoms with Crippen molar-refractivity contribution in [2.45, 2.75) is 12.7 Å². The monoisotopic (exact) mass is 303 g/mol. The second kappa shape index (κ2) is 6.64. The van der Waals surface area contributed by atoms with Gasteiger partial charge in [-0.1, -0.05) is 6.07 Å². The first-order valence-corrected chi connectivity index (χ1v) is 6.86. The highest BCUT2D eigenvalue weighted by Crippen LogP contribution is 2.34. The van der Waals surface area contributed by atoms with Gasteiger partial charge < -0.3 is 15.3 Å². The number of nitrogens with one attached hydrogen (secondary N) is 1. The Bertz CT molecular complexity index is 471. The smallest absolute Gasteiger partial charge is 0.377 e. The van der Waals surface area contributed by atoms with Crippen LogP contribution < -0.4 is 5.32 Å². The summed E-state index contributed by atoms with van der Waals surface area (Å²) in [4.78, 5) is 4.19. The fraction of sp³-hybridized carbons (Fsp3) is 0.571. The number of nitrogens with zero attached hydrogens (tertiary/aromatic N) is 2. The molecule has 0 radical (unpaired) electrons. The lowest BCUT2D eigenvalue weighted by Gasteiger charge is -2.33. The molecule has 0 unspecified atom stereocenters. The van der Waals surface area contributed by atoms with Gasteiger partial charge >= 0.3 is 6.18 Å². The van der Waals surface area contributed by atoms with E-state index in [2.05, 4.69) is 10.2 Å². The largest absolute Gasteiger partial charge is 0.416 e. The highest BCUT2D eigenvalue weighted by molar-refractivity contribution is 5.49. The standard InChI is InChI=1S/C14H20F3N3O/c1-19-4-6-20(7-5-19)9-11-2-3-12(18-10-21)8-13(11)14(15,16)17/h2-3,8,18,21H,4-7,9-10H2,1H3. The van der Waals surface area contributed by atoms with Crippen molar-refractivity contribution < 1.29 is 18.3 Å². The second-order valence-corrected chi connectivity index (χ2v) is 5.28. The van der Waals surface area contributed by atoms with Gasteiger partial charge in [-0.2, -0.15) is 13.2 Å². The predicted octanol–water partition coefficient (Wildman–Crippen LogP) is 1.81. The molecule has 2 N–H and O–H groups in total. The van der Waals surface area contributed by atoms with Gasteiger partial charge in [0.25, 0.3) is 0 Å². The highest BCUT2D eigenvalue weighted by Gasteiger charge is 2.34. The van der Waals surface area contributed by atoms with Crippen LogP contribution in [0.5, 0.6) is 0 Å². The number of piperazine rings is 1. The van der Waals surface area contributed by atoms with E-state index in [1.54, 1.807) is 6.07 Å². The van der Waals surface area contributed by atoms with Crippen molar-refractivity contribution in [1.82, 2.24) is 9.80 Å². The zero-order chi connectivity index (χ0) is 15.5. The number of aliphatic hydroxyl groups excluding tert-OH is 1. The van der Waals surface area contributed by atoms with Crippen LogP contribution in [0.25, 0.3) is 0 Å². The summed E-state index contributed by atoms with van der Waals surface area (Å²) in [6.45, 7) is 3.17. The minimum atomic E-state index is -4.39. The lowest BCUT2D eigenvalue weighted by atomic mass is 10.0. The summed E-state index contributed by atoms with van der Waals surface area (Å²) in [6, 6.07) is 4.11. The Morgan fingerprint density at radius 1 is 1.19 bits per heavy atom. The van der Waals surface area contributed by atoms with E-state index < -0.39 is 18.5 Å². The van der Waals surface area contributed by atoms with E-state index in [4.69, 9.17) is 5.11 Å². The quantitative estimate of drug-likeness (QED) is 0.832. The van der Waals surface area contributed by atoms with Crippen LogP contribution in [-0.4, -0.2) is 54.9 Å². The van der Waals surface area contributed by atoms with Crippen LogP contribution in [0.1, 0.15) is 11.1 Å². The third kappa shape index (κ3) is 4.33. The fourth-order valence-electron chi connectivity index (χ4n) is 2.43. The number of hydrogen-bond acceptors (Lipinski definition) is 4. The summed E-state index contributed by atoms with van der Waals surface area (Å²) in [5.74, 6) is 0. The van der Waals surface area contributed by atoms with E-state index in [1.807, 2.05) is 11.9 Å². The zero-order valence-electron chi connectivity index (χ0n) is 12.0. The number of alkyl halides is 3. The molecule has 1 aliphatic rings. The number of halogens is 3. The molecule has 7 heteroatoms. The zero-order valence-corrected chi connectivity index (χ0v) is 12.0. The summed E-state index contributed by atoms with van der Waals surface area (Å²) in [5, 5.41) is 11.3. The molecule has 2 rings (SSSR count). The SMILES string of the molecule is CN1CCN(Cc2ccc(NCO)cc2C(F)(F)F)CC1. The molecule has 1 fully saturated rings. The first-order valence-electron chi connectivity index (χ1n) is 6.86. The lowest BCUT2D eigenvalue weighted by molar-refractivity contribution is -0.138. The maximum absolute atomic E-state index is 13.2. The van der Waals surface area contributed by atoms with Gasteiger partial charge in [-0.15, -0.1) is 0 Å². The van der Waals surface area contributed by atoms with Crippen LogP contribution in [0.3, 0.4) is 0 Å². The molecular weight excluding hydrogens is 283 g/mol. The van der Waals surface area contributed by atoms with E-state index in [1.165, 1.54) is 6.07 Å². The van der Waals surface area contributed by atoms with E-state index >= 15 is 0 Å². The van der Waals surface area contributed by atoms with Crippen molar-refractivity contribution in [3.63, 3.8) is 0 Å². The normalized spacial score (nSPS) is 18.0. The molecule has 1 heterocycles. The minimum Gasteiger partial charge on any atom is -0.377 e. The van der Waals surface area contributed by atoms with Crippen molar-refractivity contribution in [2.75, 3.05) is 45.3 Å². The molecule has 0 amide bonds. The van der Waals surface area contributed by atoms with Gasteiger partial charge in [-0.05, 0) is 24.7 Å². The third-order valence-electron chi connectivity index (χ3n) is 3.69. The van der Waals surface area contributed by atoms with E-state index in [9.17, 15) is 13.2 Å². The van der Waals surface area contributed by atoms with Crippen molar-refractivity contribution in [3.8, 4) is 0 Å². The molecule has 1 saturated heterocycles. The number of likely N-dealkylation sites (N-methyl/N-ethyl adjacent to an activating group) is 1. The molecule has 0 aliphatic carbocycles. The molecule has 118 valence electrons. The first kappa shape index (κ1) is 16.1. The molecule has 0 atom stereocenters. The van der Waals surface area contributed by atoms with Gasteiger partial charge in [-0.25, -0.2) is 0 Å². The summed E-state index contributed by atoms with van der Waals surface area (Å²) in [5.41, 5.74) is -0.0950. The molecule has 0 bridgehead atoms. The Hall–Kier alpha value is -1.31. The topological polar surface area (TPSA) is 38.7 Å². The second-order valence-electron chi connectivity index (χ2n) is 5.28. The average Bonchev–Trinajstić information content (AvgIpc) is 2.42. The molecule has 0 saturated carbocycles. The van der Waals surface area contributed by atoms with Crippen LogP contribution in [0.4, 0.5) is 18.9 Å². The maximum atomic E-state index is 13.2. The van der Waals surface area contributed by atoms with Crippen LogP contribution in [0, 0.1) is 0 Å². The Morgan fingerprint density at radius 3 is 2.43 bits per heavy atom. The Labute approximate surface area is 122 Å². The van der Waals surface area contributed by atoms with Crippen LogP contribution in [0.15, 0.2) is 18.2 Å². The van der Waals surface area contributed by atoms with Crippen molar-refractivity contribution >= 4 is 5.69 Å². The molecule has 1 aromatic rings. The van der Waals surface area contributed by atoms with Crippen molar-refractivity contribution in [2.24, 2.45) is 0 Å². The van der Waals surface area contributed by atoms with E-state index in [-0.39, 0.29) is 11.3 Å². The minimum absolute atomic E-state index is 0.270. The Balaban J connectivity index is 2.17. The van der Waals surface area contributed by atoms with Crippen LogP contribution in [-0.2, 0) is 12.7 Å². The summed E-state index contributed by atoms with van der Waals surface area (Å²) in [7, 11) is 2.01. The molecule has 0 aromatic heterocycles. The summed E-state index contributed by atoms with van der Waals surface area (Å²) < 4.78 is 39.5. The molecular formula is C14H20F3N3O. The van der Waals surface area contributed by atoms with Crippen LogP contribution >= 0.6 is 0 Å². The van der Waals surface area contributed by atoms with Gasteiger partial charge in [-0.3, -0.25) is 4.90 Å². The van der Waals surface area contributed by atoms with E-state index in [0.717, 1.165) is 32.2 Å². The van der Waals surface area contributed by atoms with Crippen molar-refractivity contribution in [1.29, 1.82) is 0 Å². The predicted molar refractivity (Wildman–Crippen MR) is 74.9 cm³/mol. The number of aliphatic hydroxyl groups is 1. The third-order valence-corrected chi connectivity index (χ3v) is 3.69.